The summed E-state index contributed by atoms with van der Waals surface area (Å²) < 4.78 is 1.61. The van der Waals surface area contributed by atoms with Crippen molar-refractivity contribution in [3.8, 4) is 6.07 Å². The lowest BCUT2D eigenvalue weighted by Crippen LogP contribution is -2.16. The molecule has 0 bridgehead atoms. The molecule has 0 unspecified atom stereocenters. The number of aryl methyl sites for hydroxylation is 1. The second kappa shape index (κ2) is 5.04. The highest BCUT2D eigenvalue weighted by atomic mass is 35.5. The third kappa shape index (κ3) is 2.69. The number of amides is 1. The summed E-state index contributed by atoms with van der Waals surface area (Å²) in [4.78, 5) is 12.1. The van der Waals surface area contributed by atoms with Crippen LogP contribution in [0.3, 0.4) is 0 Å². The number of nitrogens with zero attached hydrogens (tertiary/aromatic N) is 2. The largest absolute Gasteiger partial charge is 0.397 e. The Labute approximate surface area is 115 Å². The van der Waals surface area contributed by atoms with Crippen LogP contribution in [-0.2, 0) is 7.05 Å². The SMILES string of the molecule is Cn1cc(N)cc1C(=O)Nc1cc(Cl)ccc1C#N. The summed E-state index contributed by atoms with van der Waals surface area (Å²) in [6.45, 7) is 0. The van der Waals surface area contributed by atoms with Gasteiger partial charge in [0.25, 0.3) is 5.91 Å². The van der Waals surface area contributed by atoms with Crippen LogP contribution in [0.15, 0.2) is 30.5 Å². The topological polar surface area (TPSA) is 83.8 Å². The first-order valence-electron chi connectivity index (χ1n) is 5.44. The number of hydrogen-bond donors (Lipinski definition) is 2. The maximum atomic E-state index is 12.1. The fourth-order valence-electron chi connectivity index (χ4n) is 1.72. The van der Waals surface area contributed by atoms with Crippen LogP contribution in [0.4, 0.5) is 11.4 Å². The molecule has 0 aliphatic heterocycles. The lowest BCUT2D eigenvalue weighted by molar-refractivity contribution is 0.101. The quantitative estimate of drug-likeness (QED) is 0.882. The third-order valence-electron chi connectivity index (χ3n) is 2.61. The van der Waals surface area contributed by atoms with Gasteiger partial charge in [-0.15, -0.1) is 0 Å². The van der Waals surface area contributed by atoms with Gasteiger partial charge in [-0.3, -0.25) is 4.79 Å². The number of nitriles is 1. The molecule has 2 aromatic rings. The number of hydrogen-bond acceptors (Lipinski definition) is 3. The maximum absolute atomic E-state index is 12.1. The molecule has 0 spiro atoms. The van der Waals surface area contributed by atoms with E-state index < -0.39 is 0 Å². The summed E-state index contributed by atoms with van der Waals surface area (Å²) in [5, 5.41) is 12.1. The number of nitrogens with one attached hydrogen (secondary N) is 1. The number of nitrogen functional groups attached to an aromatic ring is 1. The van der Waals surface area contributed by atoms with Crippen LogP contribution in [0.25, 0.3) is 0 Å². The van der Waals surface area contributed by atoms with Crippen molar-refractivity contribution in [3.63, 3.8) is 0 Å². The third-order valence-corrected chi connectivity index (χ3v) is 2.84. The fraction of sp³-hybridized carbons (Fsp3) is 0.0769. The molecule has 0 atom stereocenters. The minimum absolute atomic E-state index is 0.347. The molecule has 96 valence electrons. The molecule has 0 saturated carbocycles. The Morgan fingerprint density at radius 3 is 2.79 bits per heavy atom. The molecule has 0 radical (unpaired) electrons. The Morgan fingerprint density at radius 2 is 2.21 bits per heavy atom. The zero-order chi connectivity index (χ0) is 14.0. The fourth-order valence-corrected chi connectivity index (χ4v) is 1.89. The van der Waals surface area contributed by atoms with Gasteiger partial charge in [-0.2, -0.15) is 5.26 Å². The molecule has 5 nitrogen and oxygen atoms in total. The van der Waals surface area contributed by atoms with Crippen molar-refractivity contribution in [3.05, 3.63) is 46.7 Å². The highest BCUT2D eigenvalue weighted by Crippen LogP contribution is 2.21. The van der Waals surface area contributed by atoms with E-state index in [1.54, 1.807) is 36.0 Å². The lowest BCUT2D eigenvalue weighted by Gasteiger charge is -2.08. The van der Waals surface area contributed by atoms with E-state index in [0.717, 1.165) is 0 Å². The van der Waals surface area contributed by atoms with E-state index in [1.165, 1.54) is 6.07 Å². The number of nitrogens with two attached hydrogens (primary N) is 1. The molecule has 1 amide bonds. The monoisotopic (exact) mass is 274 g/mol. The molecular weight excluding hydrogens is 264 g/mol. The van der Waals surface area contributed by atoms with E-state index in [9.17, 15) is 4.79 Å². The molecule has 19 heavy (non-hydrogen) atoms. The van der Waals surface area contributed by atoms with Crippen molar-refractivity contribution in [1.82, 2.24) is 4.57 Å². The van der Waals surface area contributed by atoms with Crippen LogP contribution in [-0.4, -0.2) is 10.5 Å². The van der Waals surface area contributed by atoms with Gasteiger partial charge in [-0.1, -0.05) is 11.6 Å². The Morgan fingerprint density at radius 1 is 1.47 bits per heavy atom. The molecule has 3 N–H and O–H groups in total. The molecule has 0 aliphatic rings. The Bertz CT molecular complexity index is 684. The van der Waals surface area contributed by atoms with Gasteiger partial charge in [-0.05, 0) is 24.3 Å². The van der Waals surface area contributed by atoms with E-state index >= 15 is 0 Å². The van der Waals surface area contributed by atoms with Crippen LogP contribution in [0.1, 0.15) is 16.1 Å². The Kier molecular flexibility index (Phi) is 3.45. The number of aromatic nitrogens is 1. The van der Waals surface area contributed by atoms with E-state index in [0.29, 0.717) is 27.7 Å². The van der Waals surface area contributed by atoms with Crippen LogP contribution < -0.4 is 11.1 Å². The summed E-state index contributed by atoms with van der Waals surface area (Å²) in [5.41, 5.74) is 7.24. The first-order chi connectivity index (χ1) is 9.01. The summed E-state index contributed by atoms with van der Waals surface area (Å²) >= 11 is 5.85. The molecule has 1 heterocycles. The van der Waals surface area contributed by atoms with E-state index in [2.05, 4.69) is 5.32 Å². The van der Waals surface area contributed by atoms with Crippen LogP contribution in [0.2, 0.25) is 5.02 Å². The number of benzene rings is 1. The summed E-state index contributed by atoms with van der Waals surface area (Å²) in [5.74, 6) is -0.349. The van der Waals surface area contributed by atoms with Crippen molar-refractivity contribution < 1.29 is 4.79 Å². The zero-order valence-electron chi connectivity index (χ0n) is 10.1. The van der Waals surface area contributed by atoms with Gasteiger partial charge in [0.2, 0.25) is 0 Å². The second-order valence-electron chi connectivity index (χ2n) is 4.03. The number of halogens is 1. The molecule has 6 heteroatoms. The summed E-state index contributed by atoms with van der Waals surface area (Å²) in [6.07, 6.45) is 1.64. The first kappa shape index (κ1) is 13.0. The minimum Gasteiger partial charge on any atom is -0.397 e. The highest BCUT2D eigenvalue weighted by molar-refractivity contribution is 6.31. The van der Waals surface area contributed by atoms with Gasteiger partial charge in [0.15, 0.2) is 0 Å². The van der Waals surface area contributed by atoms with Gasteiger partial charge in [0.05, 0.1) is 16.9 Å². The zero-order valence-corrected chi connectivity index (χ0v) is 10.9. The molecular formula is C13H11ClN4O. The normalized spacial score (nSPS) is 9.95. The minimum atomic E-state index is -0.349. The maximum Gasteiger partial charge on any atom is 0.272 e. The number of carbonyl (C=O) groups is 1. The van der Waals surface area contributed by atoms with E-state index in [4.69, 9.17) is 22.6 Å². The molecule has 0 aliphatic carbocycles. The molecule has 0 fully saturated rings. The predicted octanol–water partition coefficient (Wildman–Crippen LogP) is 2.38. The number of rotatable bonds is 2. The number of carbonyl (C=O) groups excluding carboxylic acids is 1. The van der Waals surface area contributed by atoms with Gasteiger partial charge >= 0.3 is 0 Å². The molecule has 0 saturated heterocycles. The van der Waals surface area contributed by atoms with Crippen LogP contribution >= 0.6 is 11.6 Å². The number of anilines is 2. The van der Waals surface area contributed by atoms with Gasteiger partial charge in [0.1, 0.15) is 11.8 Å². The van der Waals surface area contributed by atoms with Gasteiger partial charge in [0, 0.05) is 18.3 Å². The van der Waals surface area contributed by atoms with Gasteiger partial charge in [-0.25, -0.2) is 0 Å². The first-order valence-corrected chi connectivity index (χ1v) is 5.82. The smallest absolute Gasteiger partial charge is 0.272 e. The summed E-state index contributed by atoms with van der Waals surface area (Å²) in [7, 11) is 1.72. The summed E-state index contributed by atoms with van der Waals surface area (Å²) in [6, 6.07) is 8.23. The lowest BCUT2D eigenvalue weighted by atomic mass is 10.2. The van der Waals surface area contributed by atoms with Gasteiger partial charge < -0.3 is 15.6 Å². The van der Waals surface area contributed by atoms with Crippen molar-refractivity contribution >= 4 is 28.9 Å². The molecule has 1 aromatic heterocycles. The van der Waals surface area contributed by atoms with Crippen molar-refractivity contribution in [2.75, 3.05) is 11.1 Å². The van der Waals surface area contributed by atoms with Crippen LogP contribution in [0, 0.1) is 11.3 Å². The van der Waals surface area contributed by atoms with Crippen LogP contribution in [0.5, 0.6) is 0 Å². The standard InChI is InChI=1S/C13H11ClN4O/c1-18-7-10(16)5-12(18)13(19)17-11-4-9(14)3-2-8(11)6-15/h2-5,7H,16H2,1H3,(H,17,19). The predicted molar refractivity (Wildman–Crippen MR) is 73.9 cm³/mol. The second-order valence-corrected chi connectivity index (χ2v) is 4.46. The average molecular weight is 275 g/mol. The molecule has 2 rings (SSSR count). The van der Waals surface area contributed by atoms with E-state index in [1.807, 2.05) is 6.07 Å². The van der Waals surface area contributed by atoms with E-state index in [-0.39, 0.29) is 5.91 Å². The van der Waals surface area contributed by atoms with Crippen molar-refractivity contribution in [1.29, 1.82) is 5.26 Å². The Balaban J connectivity index is 2.32. The van der Waals surface area contributed by atoms with Crippen molar-refractivity contribution in [2.24, 2.45) is 7.05 Å². The highest BCUT2D eigenvalue weighted by Gasteiger charge is 2.13. The van der Waals surface area contributed by atoms with Crippen molar-refractivity contribution in [2.45, 2.75) is 0 Å². The molecule has 1 aromatic carbocycles. The Hall–Kier alpha value is -2.45. The average Bonchev–Trinajstić information content (AvgIpc) is 2.69.